The minimum Gasteiger partial charge on any atom is -0.422 e. The van der Waals surface area contributed by atoms with Gasteiger partial charge in [0.1, 0.15) is 5.58 Å². The third-order valence-electron chi connectivity index (χ3n) is 4.96. The first-order chi connectivity index (χ1) is 13.1. The molecule has 0 fully saturated rings. The van der Waals surface area contributed by atoms with Crippen LogP contribution in [0.5, 0.6) is 0 Å². The Morgan fingerprint density at radius 1 is 0.963 bits per heavy atom. The molecule has 5 heteroatoms. The zero-order valence-electron chi connectivity index (χ0n) is 15.0. The molecule has 5 nitrogen and oxygen atoms in total. The summed E-state index contributed by atoms with van der Waals surface area (Å²) in [7, 11) is 0. The van der Waals surface area contributed by atoms with E-state index in [2.05, 4.69) is 30.0 Å². The lowest BCUT2D eigenvalue weighted by Gasteiger charge is -2.09. The van der Waals surface area contributed by atoms with Gasteiger partial charge in [-0.05, 0) is 35.7 Å². The van der Waals surface area contributed by atoms with E-state index in [0.717, 1.165) is 27.5 Å². The van der Waals surface area contributed by atoms with Gasteiger partial charge >= 0.3 is 5.63 Å². The fourth-order valence-electron chi connectivity index (χ4n) is 3.53. The zero-order valence-corrected chi connectivity index (χ0v) is 15.0. The second kappa shape index (κ2) is 5.77. The van der Waals surface area contributed by atoms with E-state index >= 15 is 0 Å². The molecule has 0 saturated carbocycles. The first-order valence-electron chi connectivity index (χ1n) is 8.92. The Morgan fingerprint density at radius 3 is 2.56 bits per heavy atom. The molecule has 0 bridgehead atoms. The monoisotopic (exact) mass is 355 g/mol. The third-order valence-corrected chi connectivity index (χ3v) is 4.96. The first-order valence-corrected chi connectivity index (χ1v) is 8.92. The number of fused-ring (bicyclic) bond motifs is 5. The minimum atomic E-state index is -0.378. The summed E-state index contributed by atoms with van der Waals surface area (Å²) in [6.45, 7) is 4.29. The van der Waals surface area contributed by atoms with Gasteiger partial charge in [-0.25, -0.2) is 14.5 Å². The number of para-hydroxylation sites is 1. The lowest BCUT2D eigenvalue weighted by Crippen LogP contribution is -2.02. The van der Waals surface area contributed by atoms with Gasteiger partial charge in [-0.1, -0.05) is 38.1 Å². The quantitative estimate of drug-likeness (QED) is 0.337. The molecule has 3 aromatic heterocycles. The SMILES string of the molecule is CC(C)c1ccc2oc(=O)c3cnc4c(cnn4-c4ccccc4)c3c2c1. The molecule has 0 aliphatic rings. The molecule has 0 radical (unpaired) electrons. The Bertz CT molecular complexity index is 1370. The first kappa shape index (κ1) is 15.8. The average Bonchev–Trinajstić information content (AvgIpc) is 3.12. The number of hydrogen-bond acceptors (Lipinski definition) is 4. The van der Waals surface area contributed by atoms with Crippen LogP contribution in [0.15, 0.2) is 70.1 Å². The molecule has 0 aliphatic carbocycles. The smallest absolute Gasteiger partial charge is 0.345 e. The van der Waals surface area contributed by atoms with Crippen molar-refractivity contribution in [2.24, 2.45) is 0 Å². The van der Waals surface area contributed by atoms with E-state index in [0.29, 0.717) is 16.9 Å². The van der Waals surface area contributed by atoms with Crippen molar-refractivity contribution in [3.05, 3.63) is 76.9 Å². The molecular weight excluding hydrogens is 338 g/mol. The molecule has 0 saturated heterocycles. The number of rotatable bonds is 2. The van der Waals surface area contributed by atoms with Crippen LogP contribution in [0.3, 0.4) is 0 Å². The lowest BCUT2D eigenvalue weighted by atomic mass is 9.99. The maximum absolute atomic E-state index is 12.5. The number of aromatic nitrogens is 3. The van der Waals surface area contributed by atoms with Crippen molar-refractivity contribution in [1.82, 2.24) is 14.8 Å². The molecule has 132 valence electrons. The van der Waals surface area contributed by atoms with Crippen LogP contribution in [-0.2, 0) is 0 Å². The van der Waals surface area contributed by atoms with Crippen LogP contribution in [0, 0.1) is 0 Å². The highest BCUT2D eigenvalue weighted by atomic mass is 16.4. The Kier molecular flexibility index (Phi) is 3.37. The molecule has 5 rings (SSSR count). The van der Waals surface area contributed by atoms with Crippen LogP contribution in [0.25, 0.3) is 38.5 Å². The van der Waals surface area contributed by atoms with Crippen molar-refractivity contribution in [2.45, 2.75) is 19.8 Å². The summed E-state index contributed by atoms with van der Waals surface area (Å²) >= 11 is 0. The number of benzene rings is 2. The normalized spacial score (nSPS) is 11.8. The van der Waals surface area contributed by atoms with Crippen molar-refractivity contribution in [2.75, 3.05) is 0 Å². The topological polar surface area (TPSA) is 60.9 Å². The van der Waals surface area contributed by atoms with E-state index in [-0.39, 0.29) is 5.63 Å². The van der Waals surface area contributed by atoms with Gasteiger partial charge in [0.25, 0.3) is 0 Å². The largest absolute Gasteiger partial charge is 0.422 e. The minimum absolute atomic E-state index is 0.376. The van der Waals surface area contributed by atoms with Gasteiger partial charge in [0.2, 0.25) is 0 Å². The molecule has 27 heavy (non-hydrogen) atoms. The van der Waals surface area contributed by atoms with Gasteiger partial charge < -0.3 is 4.42 Å². The summed E-state index contributed by atoms with van der Waals surface area (Å²) < 4.78 is 7.32. The predicted octanol–water partition coefficient (Wildman–Crippen LogP) is 4.80. The summed E-state index contributed by atoms with van der Waals surface area (Å²) in [5.74, 6) is 0.376. The Balaban J connectivity index is 1.94. The Hall–Kier alpha value is -3.47. The average molecular weight is 355 g/mol. The maximum Gasteiger partial charge on any atom is 0.345 e. The van der Waals surface area contributed by atoms with Crippen LogP contribution in [0.1, 0.15) is 25.3 Å². The summed E-state index contributed by atoms with van der Waals surface area (Å²) in [4.78, 5) is 17.0. The molecule has 0 aliphatic heterocycles. The zero-order chi connectivity index (χ0) is 18.5. The van der Waals surface area contributed by atoms with E-state index in [9.17, 15) is 4.79 Å². The van der Waals surface area contributed by atoms with E-state index in [4.69, 9.17) is 4.42 Å². The fraction of sp³-hybridized carbons (Fsp3) is 0.136. The highest BCUT2D eigenvalue weighted by Gasteiger charge is 2.16. The summed E-state index contributed by atoms with van der Waals surface area (Å²) in [5.41, 5.74) is 3.04. The summed E-state index contributed by atoms with van der Waals surface area (Å²) in [6.07, 6.45) is 3.37. The molecule has 5 aromatic rings. The van der Waals surface area contributed by atoms with Crippen LogP contribution in [0.4, 0.5) is 0 Å². The van der Waals surface area contributed by atoms with Crippen molar-refractivity contribution in [3.63, 3.8) is 0 Å². The highest BCUT2D eigenvalue weighted by Crippen LogP contribution is 2.31. The maximum atomic E-state index is 12.5. The molecular formula is C22H17N3O2. The van der Waals surface area contributed by atoms with Crippen LogP contribution in [-0.4, -0.2) is 14.8 Å². The van der Waals surface area contributed by atoms with Crippen molar-refractivity contribution < 1.29 is 4.42 Å². The van der Waals surface area contributed by atoms with Crippen LogP contribution < -0.4 is 5.63 Å². The van der Waals surface area contributed by atoms with Gasteiger partial charge in [0.15, 0.2) is 5.65 Å². The van der Waals surface area contributed by atoms with Crippen molar-refractivity contribution >= 4 is 32.8 Å². The van der Waals surface area contributed by atoms with E-state index in [1.165, 1.54) is 5.56 Å². The highest BCUT2D eigenvalue weighted by molar-refractivity contribution is 6.17. The number of pyridine rings is 1. The molecule has 2 aromatic carbocycles. The van der Waals surface area contributed by atoms with Crippen LogP contribution >= 0.6 is 0 Å². The fourth-order valence-corrected chi connectivity index (χ4v) is 3.53. The van der Waals surface area contributed by atoms with Gasteiger partial charge in [0.05, 0.1) is 17.3 Å². The lowest BCUT2D eigenvalue weighted by molar-refractivity contribution is 0.569. The molecule has 0 unspecified atom stereocenters. The molecule has 0 spiro atoms. The molecule has 0 atom stereocenters. The molecule has 3 heterocycles. The van der Waals surface area contributed by atoms with E-state index < -0.39 is 0 Å². The van der Waals surface area contributed by atoms with Crippen LogP contribution in [0.2, 0.25) is 0 Å². The second-order valence-corrected chi connectivity index (χ2v) is 6.98. The molecule has 0 amide bonds. The third kappa shape index (κ3) is 2.35. The van der Waals surface area contributed by atoms with Gasteiger partial charge in [-0.2, -0.15) is 5.10 Å². The van der Waals surface area contributed by atoms with Gasteiger partial charge in [-0.15, -0.1) is 0 Å². The number of nitrogens with zero attached hydrogens (tertiary/aromatic N) is 3. The summed E-state index contributed by atoms with van der Waals surface area (Å²) in [6, 6.07) is 15.8. The van der Waals surface area contributed by atoms with Gasteiger partial charge in [0, 0.05) is 22.4 Å². The Labute approximate surface area is 154 Å². The standard InChI is InChI=1S/C22H17N3O2/c1-13(2)14-8-9-19-16(10-14)20-17-12-24-25(15-6-4-3-5-7-15)21(17)23-11-18(20)22(26)27-19/h3-13H,1-2H3. The summed E-state index contributed by atoms with van der Waals surface area (Å²) in [5, 5.41) is 7.61. The van der Waals surface area contributed by atoms with Gasteiger partial charge in [-0.3, -0.25) is 0 Å². The van der Waals surface area contributed by atoms with Crippen molar-refractivity contribution in [1.29, 1.82) is 0 Å². The predicted molar refractivity (Wildman–Crippen MR) is 107 cm³/mol. The second-order valence-electron chi connectivity index (χ2n) is 6.98. The van der Waals surface area contributed by atoms with Crippen molar-refractivity contribution in [3.8, 4) is 5.69 Å². The Morgan fingerprint density at radius 2 is 1.78 bits per heavy atom. The number of hydrogen-bond donors (Lipinski definition) is 0. The molecule has 0 N–H and O–H groups in total. The van der Waals surface area contributed by atoms with E-state index in [1.54, 1.807) is 17.1 Å². The van der Waals surface area contributed by atoms with E-state index in [1.807, 2.05) is 42.5 Å².